The number of hydrogen-bond acceptors (Lipinski definition) is 4. The fraction of sp³-hybridized carbons (Fsp3) is 0.900. The van der Waals surface area contributed by atoms with Crippen LogP contribution in [0.5, 0.6) is 0 Å². The molecule has 0 aliphatic heterocycles. The van der Waals surface area contributed by atoms with Crippen molar-refractivity contribution in [3.8, 4) is 0 Å². The summed E-state index contributed by atoms with van der Waals surface area (Å²) in [5, 5.41) is 2.99. The number of hydrogen-bond donors (Lipinski definition) is 1. The first-order valence-corrected chi connectivity index (χ1v) is 6.10. The van der Waals surface area contributed by atoms with Crippen LogP contribution in [0.1, 0.15) is 20.3 Å². The molecule has 0 aromatic heterocycles. The monoisotopic (exact) mass is 329 g/mol. The first-order chi connectivity index (χ1) is 6.98. The smallest absolute Gasteiger partial charge is 0.195 e. The van der Waals surface area contributed by atoms with E-state index in [1.807, 2.05) is 20.9 Å². The summed E-state index contributed by atoms with van der Waals surface area (Å²) in [4.78, 5) is 10.9. The van der Waals surface area contributed by atoms with Gasteiger partial charge in [-0.2, -0.15) is 0 Å². The van der Waals surface area contributed by atoms with Crippen molar-refractivity contribution in [2.24, 2.45) is 0 Å². The molecule has 0 spiro atoms. The summed E-state index contributed by atoms with van der Waals surface area (Å²) in [5.74, 6) is 0. The first-order valence-electron chi connectivity index (χ1n) is 5.02. The molecule has 0 atom stereocenters. The highest BCUT2D eigenvalue weighted by Gasteiger charge is 2.20. The van der Waals surface area contributed by atoms with Crippen LogP contribution in [-0.2, 0) is 14.3 Å². The maximum absolute atomic E-state index is 10.9. The molecule has 0 unspecified atom stereocenters. The number of ether oxygens (including phenoxy) is 2. The third-order valence-electron chi connectivity index (χ3n) is 1.78. The van der Waals surface area contributed by atoms with Gasteiger partial charge < -0.3 is 14.8 Å². The Labute approximate surface area is 105 Å². The lowest BCUT2D eigenvalue weighted by Gasteiger charge is -2.23. The number of carbonyl (C=O) groups excluding carboxylic acids is 1. The predicted octanol–water partition coefficient (Wildman–Crippen LogP) is 1.37. The molecule has 0 aromatic carbocycles. The van der Waals surface area contributed by atoms with E-state index < -0.39 is 0 Å². The summed E-state index contributed by atoms with van der Waals surface area (Å²) in [6.07, 6.45) is 0.435. The van der Waals surface area contributed by atoms with E-state index in [2.05, 4.69) is 5.32 Å². The van der Waals surface area contributed by atoms with Gasteiger partial charge in [0.2, 0.25) is 0 Å². The van der Waals surface area contributed by atoms with Crippen LogP contribution < -0.4 is 5.32 Å². The molecule has 0 rings (SSSR count). The van der Waals surface area contributed by atoms with Gasteiger partial charge in [0.15, 0.2) is 3.79 Å². The number of halogens is 1. The van der Waals surface area contributed by atoms with E-state index in [1.165, 1.54) is 0 Å². The summed E-state index contributed by atoms with van der Waals surface area (Å²) in [6.45, 7) is 6.45. The summed E-state index contributed by atoms with van der Waals surface area (Å²) < 4.78 is 11.0. The molecule has 0 heterocycles. The lowest BCUT2D eigenvalue weighted by atomic mass is 10.1. The summed E-state index contributed by atoms with van der Waals surface area (Å²) in [6, 6.07) is 0. The van der Waals surface area contributed by atoms with Crippen molar-refractivity contribution in [1.82, 2.24) is 5.32 Å². The maximum atomic E-state index is 10.9. The molecule has 15 heavy (non-hydrogen) atoms. The van der Waals surface area contributed by atoms with E-state index >= 15 is 0 Å². The van der Waals surface area contributed by atoms with E-state index in [0.717, 1.165) is 6.54 Å². The molecule has 4 nitrogen and oxygen atoms in total. The second kappa shape index (κ2) is 8.43. The quantitative estimate of drug-likeness (QED) is 0.394. The van der Waals surface area contributed by atoms with Crippen LogP contribution >= 0.6 is 22.6 Å². The number of nitrogens with one attached hydrogen (secondary N) is 1. The van der Waals surface area contributed by atoms with Gasteiger partial charge in [-0.05, 0) is 43.5 Å². The van der Waals surface area contributed by atoms with Crippen LogP contribution in [-0.4, -0.2) is 42.8 Å². The average molecular weight is 329 g/mol. The lowest BCUT2D eigenvalue weighted by Crippen LogP contribution is -2.28. The van der Waals surface area contributed by atoms with Gasteiger partial charge in [0.25, 0.3) is 0 Å². The third-order valence-corrected chi connectivity index (χ3v) is 2.16. The number of rotatable bonds is 9. The molecule has 1 N–H and O–H groups in total. The largest absolute Gasteiger partial charge is 0.378 e. The van der Waals surface area contributed by atoms with Crippen molar-refractivity contribution in [3.63, 3.8) is 0 Å². The minimum atomic E-state index is -0.384. The van der Waals surface area contributed by atoms with Gasteiger partial charge in [-0.15, -0.1) is 0 Å². The summed E-state index contributed by atoms with van der Waals surface area (Å²) in [7, 11) is 1.88. The Morgan fingerprint density at radius 2 is 2.00 bits per heavy atom. The fourth-order valence-corrected chi connectivity index (χ4v) is 1.96. The normalized spacial score (nSPS) is 11.7. The van der Waals surface area contributed by atoms with Crippen LogP contribution in [0.4, 0.5) is 0 Å². The second-order valence-corrected chi connectivity index (χ2v) is 5.06. The van der Waals surface area contributed by atoms with Crippen LogP contribution in [0.2, 0.25) is 0 Å². The Bertz CT molecular complexity index is 186. The van der Waals surface area contributed by atoms with Gasteiger partial charge in [0.1, 0.15) is 0 Å². The molecule has 0 bridgehead atoms. The van der Waals surface area contributed by atoms with E-state index in [4.69, 9.17) is 9.47 Å². The zero-order chi connectivity index (χ0) is 11.7. The minimum absolute atomic E-state index is 0.119. The Kier molecular flexibility index (Phi) is 8.59. The topological polar surface area (TPSA) is 47.6 Å². The first kappa shape index (κ1) is 15.3. The second-order valence-electron chi connectivity index (χ2n) is 3.86. The van der Waals surface area contributed by atoms with Gasteiger partial charge in [-0.1, -0.05) is 0 Å². The molecule has 0 amide bonds. The Hall–Kier alpha value is 0.280. The molecule has 0 radical (unpaired) electrons. The van der Waals surface area contributed by atoms with Gasteiger partial charge in [0.05, 0.1) is 25.4 Å². The van der Waals surface area contributed by atoms with Gasteiger partial charge >= 0.3 is 0 Å². The average Bonchev–Trinajstić information content (AvgIpc) is 2.08. The van der Waals surface area contributed by atoms with Crippen LogP contribution in [0.15, 0.2) is 0 Å². The highest BCUT2D eigenvalue weighted by Crippen LogP contribution is 2.16. The number of carbonyl (C=O) groups is 1. The van der Waals surface area contributed by atoms with Gasteiger partial charge in [-0.25, -0.2) is 0 Å². The maximum Gasteiger partial charge on any atom is 0.195 e. The van der Waals surface area contributed by atoms with Crippen LogP contribution in [0, 0.1) is 0 Å². The van der Waals surface area contributed by atoms with Crippen LogP contribution in [0.25, 0.3) is 0 Å². The molecular formula is C10H20INO3. The third kappa shape index (κ3) is 10.6. The van der Waals surface area contributed by atoms with Crippen molar-refractivity contribution < 1.29 is 14.3 Å². The zero-order valence-electron chi connectivity index (χ0n) is 9.64. The molecule has 0 aliphatic carbocycles. The lowest BCUT2D eigenvalue weighted by molar-refractivity contribution is -0.116. The molecule has 0 saturated heterocycles. The minimum Gasteiger partial charge on any atom is -0.378 e. The van der Waals surface area contributed by atoms with Gasteiger partial charge in [-0.3, -0.25) is 4.79 Å². The number of likely N-dealkylation sites (N-methyl/N-ethyl adjacent to an activating group) is 1. The van der Waals surface area contributed by atoms with Crippen molar-refractivity contribution in [2.45, 2.75) is 25.9 Å². The Balaban J connectivity index is 3.44. The van der Waals surface area contributed by atoms with E-state index in [0.29, 0.717) is 26.2 Å². The molecule has 5 heteroatoms. The fourth-order valence-electron chi connectivity index (χ4n) is 1.04. The van der Waals surface area contributed by atoms with Crippen molar-refractivity contribution in [3.05, 3.63) is 0 Å². The highest BCUT2D eigenvalue weighted by molar-refractivity contribution is 14.1. The Morgan fingerprint density at radius 3 is 2.53 bits per heavy atom. The molecule has 0 saturated carbocycles. The molecular weight excluding hydrogens is 309 g/mol. The van der Waals surface area contributed by atoms with Gasteiger partial charge in [0, 0.05) is 13.0 Å². The molecule has 90 valence electrons. The standard InChI is InChI=1S/C10H20INO3/c1-10(2,8-9(11)13)15-7-6-14-5-4-12-3/h12H,4-8H2,1-3H3. The van der Waals surface area contributed by atoms with Crippen LogP contribution in [0.3, 0.4) is 0 Å². The molecule has 0 fully saturated rings. The molecule has 0 aliphatic rings. The summed E-state index contributed by atoms with van der Waals surface area (Å²) >= 11 is 1.79. The van der Waals surface area contributed by atoms with E-state index in [9.17, 15) is 4.79 Å². The van der Waals surface area contributed by atoms with E-state index in [-0.39, 0.29) is 9.39 Å². The predicted molar refractivity (Wildman–Crippen MR) is 68.4 cm³/mol. The zero-order valence-corrected chi connectivity index (χ0v) is 11.8. The summed E-state index contributed by atoms with van der Waals surface area (Å²) in [5.41, 5.74) is -0.384. The molecule has 0 aromatic rings. The van der Waals surface area contributed by atoms with E-state index in [1.54, 1.807) is 22.6 Å². The highest BCUT2D eigenvalue weighted by atomic mass is 127. The Morgan fingerprint density at radius 1 is 1.33 bits per heavy atom. The van der Waals surface area contributed by atoms with Crippen molar-refractivity contribution >= 4 is 26.4 Å². The van der Waals surface area contributed by atoms with Crippen molar-refractivity contribution in [2.75, 3.05) is 33.4 Å². The van der Waals surface area contributed by atoms with Crippen molar-refractivity contribution in [1.29, 1.82) is 0 Å². The SMILES string of the molecule is CNCCOCCOC(C)(C)CC(=O)I.